The molecule has 3 atom stereocenters. The fourth-order valence-electron chi connectivity index (χ4n) is 4.42. The number of rotatable bonds is 10. The third kappa shape index (κ3) is 6.78. The van der Waals surface area contributed by atoms with E-state index in [1.165, 1.54) is 5.57 Å². The average molecular weight is 417 g/mol. The Kier molecular flexibility index (Phi) is 9.45. The Morgan fingerprint density at radius 3 is 2.03 bits per heavy atom. The van der Waals surface area contributed by atoms with Gasteiger partial charge in [0, 0.05) is 18.8 Å². The van der Waals surface area contributed by atoms with Crippen LogP contribution in [0.3, 0.4) is 0 Å². The van der Waals surface area contributed by atoms with Gasteiger partial charge in [0.1, 0.15) is 5.78 Å². The number of ketones is 2. The highest BCUT2D eigenvalue weighted by Crippen LogP contribution is 2.52. The van der Waals surface area contributed by atoms with E-state index in [9.17, 15) is 19.5 Å². The van der Waals surface area contributed by atoms with Crippen molar-refractivity contribution in [1.29, 1.82) is 0 Å². The van der Waals surface area contributed by atoms with Gasteiger partial charge >= 0.3 is 5.97 Å². The first-order chi connectivity index (χ1) is 13.8. The van der Waals surface area contributed by atoms with Gasteiger partial charge in [0.2, 0.25) is 0 Å². The largest absolute Gasteiger partial charge is 0.481 e. The molecule has 0 saturated heterocycles. The summed E-state index contributed by atoms with van der Waals surface area (Å²) in [6, 6.07) is 0. The van der Waals surface area contributed by atoms with Gasteiger partial charge in [-0.05, 0) is 79.1 Å². The summed E-state index contributed by atoms with van der Waals surface area (Å²) in [6.07, 6.45) is 8.91. The topological polar surface area (TPSA) is 71.4 Å². The van der Waals surface area contributed by atoms with Crippen molar-refractivity contribution >= 4 is 17.5 Å². The van der Waals surface area contributed by atoms with Crippen molar-refractivity contribution in [3.63, 3.8) is 0 Å². The fraction of sp³-hybridized carbons (Fsp3) is 0.654. The van der Waals surface area contributed by atoms with E-state index in [0.717, 1.165) is 24.0 Å². The standard InChI is InChI=1S/C26H40O4/c1-18(2)9-8-14-25(7)17-22(27)26(15-12-20(5)6,16-13-23(28)29)24(30)21(25)11-10-19(3)4/h9-10,12,21H,8,11,13-17H2,1-7H3,(H,28,29)/t21-,25-,26-/m0/s1. The van der Waals surface area contributed by atoms with Gasteiger partial charge in [-0.15, -0.1) is 0 Å². The molecule has 1 aliphatic rings. The summed E-state index contributed by atoms with van der Waals surface area (Å²) in [5.74, 6) is -1.39. The van der Waals surface area contributed by atoms with E-state index in [2.05, 4.69) is 32.9 Å². The third-order valence-electron chi connectivity index (χ3n) is 6.38. The summed E-state index contributed by atoms with van der Waals surface area (Å²) >= 11 is 0. The molecule has 0 amide bonds. The van der Waals surface area contributed by atoms with Crippen molar-refractivity contribution < 1.29 is 19.5 Å². The van der Waals surface area contributed by atoms with E-state index in [-0.39, 0.29) is 30.3 Å². The molecule has 0 unspecified atom stereocenters. The molecule has 0 radical (unpaired) electrons. The highest BCUT2D eigenvalue weighted by Gasteiger charge is 2.56. The van der Waals surface area contributed by atoms with Gasteiger partial charge in [-0.1, -0.05) is 41.9 Å². The third-order valence-corrected chi connectivity index (χ3v) is 6.38. The summed E-state index contributed by atoms with van der Waals surface area (Å²) < 4.78 is 0. The lowest BCUT2D eigenvalue weighted by atomic mass is 9.53. The molecule has 1 N–H and O–H groups in total. The number of Topliss-reactive ketones (excluding diaryl/α,β-unsaturated/α-hetero) is 2. The molecule has 30 heavy (non-hydrogen) atoms. The zero-order valence-electron chi connectivity index (χ0n) is 19.9. The highest BCUT2D eigenvalue weighted by molar-refractivity contribution is 6.11. The van der Waals surface area contributed by atoms with E-state index in [4.69, 9.17) is 0 Å². The first-order valence-corrected chi connectivity index (χ1v) is 11.0. The van der Waals surface area contributed by atoms with Crippen molar-refractivity contribution in [2.45, 2.75) is 93.4 Å². The molecule has 0 spiro atoms. The zero-order chi connectivity index (χ0) is 23.1. The molecule has 0 heterocycles. The van der Waals surface area contributed by atoms with Crippen molar-refractivity contribution in [2.24, 2.45) is 16.7 Å². The summed E-state index contributed by atoms with van der Waals surface area (Å²) in [4.78, 5) is 38.7. The number of carboxylic acids is 1. The maximum absolute atomic E-state index is 13.9. The summed E-state index contributed by atoms with van der Waals surface area (Å²) in [5, 5.41) is 9.27. The fourth-order valence-corrected chi connectivity index (χ4v) is 4.42. The lowest BCUT2D eigenvalue weighted by Crippen LogP contribution is -2.54. The molecule has 1 saturated carbocycles. The summed E-state index contributed by atoms with van der Waals surface area (Å²) in [7, 11) is 0. The second-order valence-electron chi connectivity index (χ2n) is 9.97. The predicted molar refractivity (Wildman–Crippen MR) is 122 cm³/mol. The lowest BCUT2D eigenvalue weighted by molar-refractivity contribution is -0.156. The van der Waals surface area contributed by atoms with Gasteiger partial charge in [0.15, 0.2) is 5.78 Å². The minimum absolute atomic E-state index is 0.0605. The van der Waals surface area contributed by atoms with Crippen LogP contribution in [0.25, 0.3) is 0 Å². The molecular formula is C26H40O4. The van der Waals surface area contributed by atoms with Crippen LogP contribution in [-0.4, -0.2) is 22.6 Å². The Morgan fingerprint density at radius 2 is 1.53 bits per heavy atom. The molecule has 4 nitrogen and oxygen atoms in total. The van der Waals surface area contributed by atoms with Crippen LogP contribution >= 0.6 is 0 Å². The Labute approximate surface area is 182 Å². The number of aliphatic carboxylic acids is 1. The van der Waals surface area contributed by atoms with Crippen LogP contribution in [0.1, 0.15) is 93.4 Å². The number of allylic oxidation sites excluding steroid dienone is 6. The molecule has 0 aromatic carbocycles. The maximum atomic E-state index is 13.9. The molecule has 4 heteroatoms. The number of hydrogen-bond donors (Lipinski definition) is 1. The zero-order valence-corrected chi connectivity index (χ0v) is 19.9. The maximum Gasteiger partial charge on any atom is 0.303 e. The van der Waals surface area contributed by atoms with Gasteiger partial charge in [0.25, 0.3) is 0 Å². The SMILES string of the molecule is CC(C)=CCC[C@@]1(C)CC(=O)[C@](CC=C(C)C)(CCC(=O)O)C(=O)[C@@H]1CC=C(C)C. The Hall–Kier alpha value is -1.97. The number of carbonyl (C=O) groups is 3. The van der Waals surface area contributed by atoms with Crippen LogP contribution in [-0.2, 0) is 14.4 Å². The number of carbonyl (C=O) groups excluding carboxylic acids is 2. The number of carboxylic acid groups (broad SMARTS) is 1. The first-order valence-electron chi connectivity index (χ1n) is 11.0. The van der Waals surface area contributed by atoms with Crippen molar-refractivity contribution in [1.82, 2.24) is 0 Å². The van der Waals surface area contributed by atoms with Gasteiger partial charge in [-0.2, -0.15) is 0 Å². The van der Waals surface area contributed by atoms with Gasteiger partial charge in [-0.25, -0.2) is 0 Å². The summed E-state index contributed by atoms with van der Waals surface area (Å²) in [5.41, 5.74) is 1.78. The Morgan fingerprint density at radius 1 is 0.967 bits per heavy atom. The molecule has 168 valence electrons. The minimum atomic E-state index is -1.22. The predicted octanol–water partition coefficient (Wildman–Crippen LogP) is 6.46. The second kappa shape index (κ2) is 10.9. The van der Waals surface area contributed by atoms with E-state index in [0.29, 0.717) is 19.3 Å². The lowest BCUT2D eigenvalue weighted by Gasteiger charge is -2.48. The molecule has 0 aliphatic heterocycles. The molecule has 0 aromatic rings. The monoisotopic (exact) mass is 416 g/mol. The molecule has 1 rings (SSSR count). The number of hydrogen-bond acceptors (Lipinski definition) is 3. The molecule has 1 fully saturated rings. The van der Waals surface area contributed by atoms with Crippen LogP contribution in [0.4, 0.5) is 0 Å². The second-order valence-corrected chi connectivity index (χ2v) is 9.97. The van der Waals surface area contributed by atoms with Crippen LogP contribution in [0.5, 0.6) is 0 Å². The smallest absolute Gasteiger partial charge is 0.303 e. The normalized spacial score (nSPS) is 26.2. The average Bonchev–Trinajstić information content (AvgIpc) is 2.60. The molecule has 0 bridgehead atoms. The van der Waals surface area contributed by atoms with E-state index < -0.39 is 16.8 Å². The van der Waals surface area contributed by atoms with Crippen molar-refractivity contribution in [2.75, 3.05) is 0 Å². The van der Waals surface area contributed by atoms with Crippen LogP contribution in [0.2, 0.25) is 0 Å². The summed E-state index contributed by atoms with van der Waals surface area (Å²) in [6.45, 7) is 14.1. The van der Waals surface area contributed by atoms with E-state index in [1.54, 1.807) is 0 Å². The van der Waals surface area contributed by atoms with Crippen molar-refractivity contribution in [3.05, 3.63) is 34.9 Å². The Balaban J connectivity index is 3.42. The van der Waals surface area contributed by atoms with E-state index >= 15 is 0 Å². The van der Waals surface area contributed by atoms with Gasteiger partial charge in [-0.3, -0.25) is 14.4 Å². The van der Waals surface area contributed by atoms with Gasteiger partial charge in [0.05, 0.1) is 5.41 Å². The minimum Gasteiger partial charge on any atom is -0.481 e. The molecular weight excluding hydrogens is 376 g/mol. The quantitative estimate of drug-likeness (QED) is 0.328. The van der Waals surface area contributed by atoms with E-state index in [1.807, 2.05) is 33.8 Å². The van der Waals surface area contributed by atoms with Crippen molar-refractivity contribution in [3.8, 4) is 0 Å². The molecule has 1 aliphatic carbocycles. The molecule has 0 aromatic heterocycles. The van der Waals surface area contributed by atoms with Crippen LogP contribution < -0.4 is 0 Å². The first kappa shape index (κ1) is 26.1. The highest BCUT2D eigenvalue weighted by atomic mass is 16.4. The Bertz CT molecular complexity index is 743. The van der Waals surface area contributed by atoms with Crippen LogP contribution in [0.15, 0.2) is 34.9 Å². The van der Waals surface area contributed by atoms with Gasteiger partial charge < -0.3 is 5.11 Å². The van der Waals surface area contributed by atoms with Crippen LogP contribution in [0, 0.1) is 16.7 Å².